The van der Waals surface area contributed by atoms with Crippen LogP contribution in [-0.2, 0) is 4.79 Å². The van der Waals surface area contributed by atoms with E-state index in [-0.39, 0.29) is 39.9 Å². The maximum atomic E-state index is 11.1. The van der Waals surface area contributed by atoms with Gasteiger partial charge >= 0.3 is 0 Å². The number of carbonyl (C=O) groups excluding carboxylic acids is 1. The van der Waals surface area contributed by atoms with E-state index in [0.717, 1.165) is 5.69 Å². The maximum Gasteiger partial charge on any atom is 0.242 e. The zero-order valence-electron chi connectivity index (χ0n) is 7.81. The number of carbonyl (C=O) groups is 1. The fourth-order valence-electron chi connectivity index (χ4n) is 0.631. The number of hydrogen-bond acceptors (Lipinski definition) is 4. The highest BCUT2D eigenvalue weighted by molar-refractivity contribution is 8.93. The molecule has 0 radical (unpaired) electrons. The zero-order valence-corrected chi connectivity index (χ0v) is 12.1. The van der Waals surface area contributed by atoms with Crippen LogP contribution < -0.4 is 11.1 Å². The SMILES string of the molecule is Br.Br.Cc1csc(NC(=O)C(C)N)n1. The third-order valence-corrected chi connectivity index (χ3v) is 2.14. The smallest absolute Gasteiger partial charge is 0.242 e. The van der Waals surface area contributed by atoms with Crippen molar-refractivity contribution in [3.8, 4) is 0 Å². The van der Waals surface area contributed by atoms with Crippen molar-refractivity contribution in [3.05, 3.63) is 11.1 Å². The Kier molecular flexibility index (Phi) is 8.61. The lowest BCUT2D eigenvalue weighted by Gasteiger charge is -2.03. The van der Waals surface area contributed by atoms with Crippen LogP contribution in [0.4, 0.5) is 5.13 Å². The summed E-state index contributed by atoms with van der Waals surface area (Å²) in [5.74, 6) is -0.204. The van der Waals surface area contributed by atoms with Gasteiger partial charge in [0.2, 0.25) is 5.91 Å². The molecule has 4 nitrogen and oxygen atoms in total. The second kappa shape index (κ2) is 7.33. The molecule has 1 heterocycles. The minimum Gasteiger partial charge on any atom is -0.320 e. The molecule has 1 aromatic rings. The van der Waals surface area contributed by atoms with Crippen molar-refractivity contribution in [1.29, 1.82) is 0 Å². The minimum absolute atomic E-state index is 0. The van der Waals surface area contributed by atoms with Gasteiger partial charge in [-0.05, 0) is 13.8 Å². The zero-order chi connectivity index (χ0) is 9.14. The largest absolute Gasteiger partial charge is 0.320 e. The molecule has 0 aromatic carbocycles. The number of nitrogens with zero attached hydrogens (tertiary/aromatic N) is 1. The van der Waals surface area contributed by atoms with E-state index in [1.807, 2.05) is 12.3 Å². The molecule has 0 bridgehead atoms. The van der Waals surface area contributed by atoms with E-state index in [2.05, 4.69) is 10.3 Å². The number of hydrogen-bond donors (Lipinski definition) is 2. The second-order valence-corrected chi connectivity index (χ2v) is 3.43. The predicted molar refractivity (Wildman–Crippen MR) is 69.8 cm³/mol. The molecular formula is C7H13Br2N3OS. The van der Waals surface area contributed by atoms with Gasteiger partial charge in [0.1, 0.15) is 0 Å². The van der Waals surface area contributed by atoms with Crippen LogP contribution in [0.3, 0.4) is 0 Å². The Balaban J connectivity index is 0. The summed E-state index contributed by atoms with van der Waals surface area (Å²) in [6, 6.07) is -0.491. The van der Waals surface area contributed by atoms with E-state index in [0.29, 0.717) is 5.13 Å². The molecular weight excluding hydrogens is 334 g/mol. The van der Waals surface area contributed by atoms with Crippen LogP contribution in [0.5, 0.6) is 0 Å². The van der Waals surface area contributed by atoms with E-state index in [4.69, 9.17) is 5.73 Å². The number of thiazole rings is 1. The van der Waals surface area contributed by atoms with Crippen LogP contribution in [0, 0.1) is 6.92 Å². The van der Waals surface area contributed by atoms with E-state index >= 15 is 0 Å². The number of aryl methyl sites for hydroxylation is 1. The predicted octanol–water partition coefficient (Wildman–Crippen LogP) is 1.89. The van der Waals surface area contributed by atoms with Crippen LogP contribution in [0.2, 0.25) is 0 Å². The number of nitrogens with one attached hydrogen (secondary N) is 1. The van der Waals surface area contributed by atoms with Crippen molar-refractivity contribution in [3.63, 3.8) is 0 Å². The van der Waals surface area contributed by atoms with Gasteiger partial charge < -0.3 is 11.1 Å². The molecule has 7 heteroatoms. The molecule has 82 valence electrons. The van der Waals surface area contributed by atoms with Gasteiger partial charge in [0.15, 0.2) is 5.13 Å². The number of anilines is 1. The topological polar surface area (TPSA) is 68.0 Å². The van der Waals surface area contributed by atoms with Crippen molar-refractivity contribution in [2.75, 3.05) is 5.32 Å². The molecule has 0 saturated heterocycles. The summed E-state index contributed by atoms with van der Waals surface area (Å²) >= 11 is 1.40. The first-order valence-electron chi connectivity index (χ1n) is 3.58. The Morgan fingerprint density at radius 1 is 1.64 bits per heavy atom. The Morgan fingerprint density at radius 3 is 2.57 bits per heavy atom. The molecule has 0 aliphatic heterocycles. The normalized spacial score (nSPS) is 10.8. The summed E-state index contributed by atoms with van der Waals surface area (Å²) in [5.41, 5.74) is 6.26. The summed E-state index contributed by atoms with van der Waals surface area (Å²) in [6.45, 7) is 3.51. The maximum absolute atomic E-state index is 11.1. The molecule has 1 aromatic heterocycles. The van der Waals surface area contributed by atoms with Crippen LogP contribution >= 0.6 is 45.3 Å². The quantitative estimate of drug-likeness (QED) is 0.859. The van der Waals surface area contributed by atoms with Gasteiger partial charge in [-0.2, -0.15) is 0 Å². The molecule has 1 rings (SSSR count). The molecule has 0 aliphatic rings. The minimum atomic E-state index is -0.491. The third-order valence-electron chi connectivity index (χ3n) is 1.26. The summed E-state index contributed by atoms with van der Waals surface area (Å²) < 4.78 is 0. The molecule has 1 amide bonds. The Hall–Kier alpha value is 0.0200. The van der Waals surface area contributed by atoms with Crippen molar-refractivity contribution in [1.82, 2.24) is 4.98 Å². The number of amides is 1. The van der Waals surface area contributed by atoms with Crippen LogP contribution in [0.25, 0.3) is 0 Å². The first-order chi connectivity index (χ1) is 5.59. The number of halogens is 2. The van der Waals surface area contributed by atoms with Crippen LogP contribution in [-0.4, -0.2) is 16.9 Å². The highest BCUT2D eigenvalue weighted by atomic mass is 79.9. The highest BCUT2D eigenvalue weighted by Gasteiger charge is 2.08. The van der Waals surface area contributed by atoms with Gasteiger partial charge in [-0.1, -0.05) is 0 Å². The van der Waals surface area contributed by atoms with Gasteiger partial charge in [0, 0.05) is 5.38 Å². The van der Waals surface area contributed by atoms with E-state index in [1.54, 1.807) is 6.92 Å². The van der Waals surface area contributed by atoms with Gasteiger partial charge in [-0.25, -0.2) is 4.98 Å². The second-order valence-electron chi connectivity index (χ2n) is 2.57. The van der Waals surface area contributed by atoms with Crippen molar-refractivity contribution in [2.45, 2.75) is 19.9 Å². The summed E-state index contributed by atoms with van der Waals surface area (Å²) in [7, 11) is 0. The van der Waals surface area contributed by atoms with Crippen molar-refractivity contribution < 1.29 is 4.79 Å². The molecule has 0 fully saturated rings. The molecule has 14 heavy (non-hydrogen) atoms. The number of nitrogens with two attached hydrogens (primary N) is 1. The molecule has 0 spiro atoms. The fourth-order valence-corrected chi connectivity index (χ4v) is 1.32. The van der Waals surface area contributed by atoms with Gasteiger partial charge in [-0.3, -0.25) is 4.79 Å². The number of aromatic nitrogens is 1. The van der Waals surface area contributed by atoms with Gasteiger partial charge in [-0.15, -0.1) is 45.3 Å². The molecule has 0 aliphatic carbocycles. The Bertz CT molecular complexity index is 290. The average Bonchev–Trinajstić information content (AvgIpc) is 2.35. The Labute approximate surface area is 108 Å². The van der Waals surface area contributed by atoms with Crippen LogP contribution in [0.1, 0.15) is 12.6 Å². The highest BCUT2D eigenvalue weighted by Crippen LogP contribution is 2.13. The van der Waals surface area contributed by atoms with Crippen molar-refractivity contribution in [2.24, 2.45) is 5.73 Å². The lowest BCUT2D eigenvalue weighted by molar-refractivity contribution is -0.117. The van der Waals surface area contributed by atoms with Gasteiger partial charge in [0.05, 0.1) is 11.7 Å². The Morgan fingerprint density at radius 2 is 2.21 bits per heavy atom. The first kappa shape index (κ1) is 16.4. The summed E-state index contributed by atoms with van der Waals surface area (Å²) in [6.07, 6.45) is 0. The van der Waals surface area contributed by atoms with E-state index in [9.17, 15) is 4.79 Å². The fraction of sp³-hybridized carbons (Fsp3) is 0.429. The summed E-state index contributed by atoms with van der Waals surface area (Å²) in [5, 5.41) is 5.08. The molecule has 1 unspecified atom stereocenters. The van der Waals surface area contributed by atoms with E-state index in [1.165, 1.54) is 11.3 Å². The third kappa shape index (κ3) is 5.04. The van der Waals surface area contributed by atoms with Gasteiger partial charge in [0.25, 0.3) is 0 Å². The molecule has 0 saturated carbocycles. The van der Waals surface area contributed by atoms with E-state index < -0.39 is 6.04 Å². The average molecular weight is 347 g/mol. The summed E-state index contributed by atoms with van der Waals surface area (Å²) in [4.78, 5) is 15.1. The lowest BCUT2D eigenvalue weighted by atomic mass is 10.3. The van der Waals surface area contributed by atoms with Crippen molar-refractivity contribution >= 4 is 56.3 Å². The molecule has 3 N–H and O–H groups in total. The standard InChI is InChI=1S/C7H11N3OS.2BrH/c1-4-3-12-7(9-4)10-6(11)5(2)8;;/h3,5H,8H2,1-2H3,(H,9,10,11);2*1H. The van der Waals surface area contributed by atoms with Crippen LogP contribution in [0.15, 0.2) is 5.38 Å². The first-order valence-corrected chi connectivity index (χ1v) is 4.46. The lowest BCUT2D eigenvalue weighted by Crippen LogP contribution is -2.32. The monoisotopic (exact) mass is 345 g/mol. The number of rotatable bonds is 2. The molecule has 1 atom stereocenters.